The molecule has 2 N–H and O–H groups in total. The molecule has 0 saturated carbocycles. The zero-order valence-electron chi connectivity index (χ0n) is 16.5. The Hall–Kier alpha value is -4.23. The van der Waals surface area contributed by atoms with E-state index in [0.29, 0.717) is 22.0 Å². The molecule has 32 heavy (non-hydrogen) atoms. The molecule has 0 atom stereocenters. The van der Waals surface area contributed by atoms with Crippen LogP contribution in [0.15, 0.2) is 78.9 Å². The molecule has 8 heteroatoms. The van der Waals surface area contributed by atoms with E-state index < -0.39 is 10.8 Å². The summed E-state index contributed by atoms with van der Waals surface area (Å²) in [5.41, 5.74) is 3.49. The minimum Gasteiger partial charge on any atom is -0.353 e. The third-order valence-corrected chi connectivity index (χ3v) is 5.53. The van der Waals surface area contributed by atoms with E-state index in [1.165, 1.54) is 12.1 Å². The number of halogens is 1. The summed E-state index contributed by atoms with van der Waals surface area (Å²) >= 11 is 6.18. The van der Waals surface area contributed by atoms with E-state index in [1.807, 2.05) is 24.3 Å². The highest BCUT2D eigenvalue weighted by Gasteiger charge is 2.18. The lowest BCUT2D eigenvalue weighted by atomic mass is 10.1. The van der Waals surface area contributed by atoms with Crippen LogP contribution in [0.4, 0.5) is 11.4 Å². The Morgan fingerprint density at radius 3 is 2.44 bits per heavy atom. The highest BCUT2D eigenvalue weighted by Crippen LogP contribution is 2.33. The minimum absolute atomic E-state index is 0.0192. The predicted molar refractivity (Wildman–Crippen MR) is 125 cm³/mol. The number of nitro groups is 1. The van der Waals surface area contributed by atoms with Crippen LogP contribution >= 0.6 is 11.6 Å². The molecule has 0 aliphatic heterocycles. The number of amides is 1. The van der Waals surface area contributed by atoms with Gasteiger partial charge in [-0.1, -0.05) is 41.9 Å². The van der Waals surface area contributed by atoms with Crippen molar-refractivity contribution in [3.8, 4) is 11.3 Å². The molecule has 0 unspecified atom stereocenters. The number of carbonyl (C=O) groups is 1. The molecule has 1 amide bonds. The first-order valence-electron chi connectivity index (χ1n) is 9.73. The van der Waals surface area contributed by atoms with Crippen molar-refractivity contribution in [3.05, 3.63) is 99.7 Å². The largest absolute Gasteiger partial charge is 0.353 e. The van der Waals surface area contributed by atoms with E-state index in [-0.39, 0.29) is 11.4 Å². The van der Waals surface area contributed by atoms with E-state index in [4.69, 9.17) is 11.6 Å². The summed E-state index contributed by atoms with van der Waals surface area (Å²) in [5.74, 6) is -0.409. The number of H-pyrrole nitrogens is 1. The van der Waals surface area contributed by atoms with Crippen LogP contribution in [0.25, 0.3) is 33.1 Å². The van der Waals surface area contributed by atoms with Crippen LogP contribution in [0.1, 0.15) is 10.5 Å². The number of rotatable bonds is 4. The number of aromatic amines is 1. The van der Waals surface area contributed by atoms with Gasteiger partial charge >= 0.3 is 0 Å². The number of nitro benzene ring substituents is 1. The SMILES string of the molecule is O=C(Nc1ccccc1Cl)c1cc2c([nH]c3ccccc32)c(-c2ccc([N+](=O)[O-])cc2)n1. The summed E-state index contributed by atoms with van der Waals surface area (Å²) in [6.07, 6.45) is 0. The van der Waals surface area contributed by atoms with Crippen LogP contribution in [0.3, 0.4) is 0 Å². The fourth-order valence-electron chi connectivity index (χ4n) is 3.66. The predicted octanol–water partition coefficient (Wildman–Crippen LogP) is 6.20. The quantitative estimate of drug-likeness (QED) is 0.255. The maximum absolute atomic E-state index is 13.1. The Morgan fingerprint density at radius 2 is 1.69 bits per heavy atom. The Morgan fingerprint density at radius 1 is 0.969 bits per heavy atom. The summed E-state index contributed by atoms with van der Waals surface area (Å²) in [5, 5.41) is 16.0. The lowest BCUT2D eigenvalue weighted by Gasteiger charge is -2.09. The van der Waals surface area contributed by atoms with Gasteiger partial charge in [-0.3, -0.25) is 14.9 Å². The van der Waals surface area contributed by atoms with Gasteiger partial charge in [-0.2, -0.15) is 0 Å². The first-order valence-corrected chi connectivity index (χ1v) is 10.1. The summed E-state index contributed by atoms with van der Waals surface area (Å²) in [6.45, 7) is 0. The van der Waals surface area contributed by atoms with E-state index in [2.05, 4.69) is 15.3 Å². The molecule has 0 saturated heterocycles. The standard InChI is InChI=1S/C24H15ClN4O3/c25-18-6-2-4-8-20(18)28-24(30)21-13-17-16-5-1-3-7-19(16)26-23(17)22(27-21)14-9-11-15(12-10-14)29(31)32/h1-13,26H,(H,28,30). The van der Waals surface area contributed by atoms with Crippen molar-refractivity contribution in [2.24, 2.45) is 0 Å². The monoisotopic (exact) mass is 442 g/mol. The average molecular weight is 443 g/mol. The van der Waals surface area contributed by atoms with Gasteiger partial charge in [0.2, 0.25) is 0 Å². The van der Waals surface area contributed by atoms with E-state index in [9.17, 15) is 14.9 Å². The van der Waals surface area contributed by atoms with Gasteiger partial charge < -0.3 is 10.3 Å². The molecule has 0 bridgehead atoms. The first kappa shape index (κ1) is 19.7. The van der Waals surface area contributed by atoms with Crippen LogP contribution < -0.4 is 5.32 Å². The summed E-state index contributed by atoms with van der Waals surface area (Å²) in [6, 6.07) is 22.5. The highest BCUT2D eigenvalue weighted by atomic mass is 35.5. The molecule has 0 aliphatic rings. The Balaban J connectivity index is 1.68. The van der Waals surface area contributed by atoms with Gasteiger partial charge in [0.15, 0.2) is 0 Å². The number of non-ortho nitro benzene ring substituents is 1. The normalized spacial score (nSPS) is 11.0. The highest BCUT2D eigenvalue weighted by molar-refractivity contribution is 6.34. The van der Waals surface area contributed by atoms with Gasteiger partial charge in [-0.25, -0.2) is 4.98 Å². The number of hydrogen-bond acceptors (Lipinski definition) is 4. The molecular formula is C24H15ClN4O3. The minimum atomic E-state index is -0.455. The van der Waals surface area contributed by atoms with Crippen LogP contribution in [0.2, 0.25) is 5.02 Å². The number of nitrogens with zero attached hydrogens (tertiary/aromatic N) is 2. The maximum Gasteiger partial charge on any atom is 0.274 e. The van der Waals surface area contributed by atoms with E-state index >= 15 is 0 Å². The third-order valence-electron chi connectivity index (χ3n) is 5.20. The Labute approximate surface area is 186 Å². The molecule has 7 nitrogen and oxygen atoms in total. The molecule has 0 aliphatic carbocycles. The van der Waals surface area contributed by atoms with Crippen molar-refractivity contribution in [1.29, 1.82) is 0 Å². The molecule has 3 aromatic carbocycles. The lowest BCUT2D eigenvalue weighted by Crippen LogP contribution is -2.14. The lowest BCUT2D eigenvalue weighted by molar-refractivity contribution is -0.384. The molecule has 5 rings (SSSR count). The number of para-hydroxylation sites is 2. The molecule has 5 aromatic rings. The number of aromatic nitrogens is 2. The number of nitrogens with one attached hydrogen (secondary N) is 2. The molecule has 0 fully saturated rings. The van der Waals surface area contributed by atoms with Gasteiger partial charge in [-0.15, -0.1) is 0 Å². The van der Waals surface area contributed by atoms with Gasteiger partial charge in [-0.05, 0) is 36.4 Å². The fraction of sp³-hybridized carbons (Fsp3) is 0. The van der Waals surface area contributed by atoms with Crippen molar-refractivity contribution < 1.29 is 9.72 Å². The van der Waals surface area contributed by atoms with E-state index in [1.54, 1.807) is 42.5 Å². The zero-order chi connectivity index (χ0) is 22.2. The van der Waals surface area contributed by atoms with Gasteiger partial charge in [0, 0.05) is 34.0 Å². The third kappa shape index (κ3) is 3.44. The molecule has 0 spiro atoms. The second-order valence-electron chi connectivity index (χ2n) is 7.19. The zero-order valence-corrected chi connectivity index (χ0v) is 17.3. The molecular weight excluding hydrogens is 428 g/mol. The number of carbonyl (C=O) groups excluding carboxylic acids is 1. The Kier molecular flexibility index (Phi) is 4.80. The van der Waals surface area contributed by atoms with Crippen molar-refractivity contribution in [2.75, 3.05) is 5.32 Å². The van der Waals surface area contributed by atoms with Gasteiger partial charge in [0.25, 0.3) is 11.6 Å². The van der Waals surface area contributed by atoms with Crippen LogP contribution in [-0.2, 0) is 0 Å². The number of hydrogen-bond donors (Lipinski definition) is 2. The van der Waals surface area contributed by atoms with Crippen LogP contribution in [0, 0.1) is 10.1 Å². The van der Waals surface area contributed by atoms with E-state index in [0.717, 1.165) is 21.8 Å². The van der Waals surface area contributed by atoms with Gasteiger partial charge in [0.1, 0.15) is 5.69 Å². The van der Waals surface area contributed by atoms with Crippen LogP contribution in [-0.4, -0.2) is 20.8 Å². The second-order valence-corrected chi connectivity index (χ2v) is 7.59. The topological polar surface area (TPSA) is 101 Å². The first-order chi connectivity index (χ1) is 15.5. The van der Waals surface area contributed by atoms with Crippen molar-refractivity contribution in [2.45, 2.75) is 0 Å². The number of benzene rings is 3. The molecule has 2 aromatic heterocycles. The average Bonchev–Trinajstić information content (AvgIpc) is 3.18. The van der Waals surface area contributed by atoms with Gasteiger partial charge in [0.05, 0.1) is 26.8 Å². The van der Waals surface area contributed by atoms with Crippen molar-refractivity contribution in [3.63, 3.8) is 0 Å². The van der Waals surface area contributed by atoms with Crippen molar-refractivity contribution in [1.82, 2.24) is 9.97 Å². The molecule has 0 radical (unpaired) electrons. The second kappa shape index (κ2) is 7.79. The number of pyridine rings is 1. The summed E-state index contributed by atoms with van der Waals surface area (Å²) in [7, 11) is 0. The maximum atomic E-state index is 13.1. The summed E-state index contributed by atoms with van der Waals surface area (Å²) < 4.78 is 0. The smallest absolute Gasteiger partial charge is 0.274 e. The Bertz CT molecular complexity index is 1510. The number of anilines is 1. The fourth-order valence-corrected chi connectivity index (χ4v) is 3.84. The van der Waals surface area contributed by atoms with Crippen molar-refractivity contribution >= 4 is 50.7 Å². The van der Waals surface area contributed by atoms with Crippen LogP contribution in [0.5, 0.6) is 0 Å². The number of fused-ring (bicyclic) bond motifs is 3. The molecule has 156 valence electrons. The molecule has 2 heterocycles. The summed E-state index contributed by atoms with van der Waals surface area (Å²) in [4.78, 5) is 31.6.